The molecule has 1 fully saturated rings. The predicted molar refractivity (Wildman–Crippen MR) is 116 cm³/mol. The number of hydrogen-bond donors (Lipinski definition) is 0. The van der Waals surface area contributed by atoms with Gasteiger partial charge in [-0.25, -0.2) is 9.67 Å². The Balaban J connectivity index is 1.45. The van der Waals surface area contributed by atoms with Crippen LogP contribution in [-0.4, -0.2) is 50.4 Å². The summed E-state index contributed by atoms with van der Waals surface area (Å²) in [7, 11) is 0. The van der Waals surface area contributed by atoms with Crippen molar-refractivity contribution in [2.75, 3.05) is 31.1 Å². The molecule has 3 aromatic rings. The minimum absolute atomic E-state index is 0.262. The molecule has 0 aliphatic carbocycles. The van der Waals surface area contributed by atoms with Crippen LogP contribution in [0.2, 0.25) is 0 Å². The van der Waals surface area contributed by atoms with Crippen molar-refractivity contribution < 1.29 is 4.42 Å². The summed E-state index contributed by atoms with van der Waals surface area (Å²) in [6.07, 6.45) is 3.37. The lowest BCUT2D eigenvalue weighted by Crippen LogP contribution is -2.47. The maximum atomic E-state index is 9.10. The SMILES string of the molecule is CC(C)c1nn(CN2CCN(c3cc(C#N)ccn3)CC2)c(=S)n1Cc1ccco1. The molecule has 1 aliphatic rings. The standard InChI is InChI=1S/C21H25N7OS/c1-16(2)20-24-28(21(30)27(20)14-18-4-3-11-29-18)15-25-7-9-26(10-8-25)19-12-17(13-22)5-6-23-19/h3-6,11-12,16H,7-10,14-15H2,1-2H3. The van der Waals surface area contributed by atoms with Crippen molar-refractivity contribution in [3.8, 4) is 6.07 Å². The van der Waals surface area contributed by atoms with Gasteiger partial charge in [0.1, 0.15) is 17.4 Å². The van der Waals surface area contributed by atoms with Crippen molar-refractivity contribution in [1.82, 2.24) is 24.2 Å². The second-order valence-corrected chi connectivity index (χ2v) is 8.09. The molecule has 8 nitrogen and oxygen atoms in total. The fourth-order valence-electron chi connectivity index (χ4n) is 3.65. The molecule has 0 spiro atoms. The largest absolute Gasteiger partial charge is 0.467 e. The van der Waals surface area contributed by atoms with Gasteiger partial charge in [0, 0.05) is 38.3 Å². The van der Waals surface area contributed by atoms with Crippen LogP contribution in [0.15, 0.2) is 41.1 Å². The fourth-order valence-corrected chi connectivity index (χ4v) is 3.91. The molecule has 0 radical (unpaired) electrons. The van der Waals surface area contributed by atoms with Crippen molar-refractivity contribution >= 4 is 18.0 Å². The van der Waals surface area contributed by atoms with Crippen molar-refractivity contribution in [2.24, 2.45) is 0 Å². The lowest BCUT2D eigenvalue weighted by Gasteiger charge is -2.35. The van der Waals surface area contributed by atoms with E-state index in [0.29, 0.717) is 23.5 Å². The van der Waals surface area contributed by atoms with Crippen LogP contribution in [0.5, 0.6) is 0 Å². The van der Waals surface area contributed by atoms with Crippen molar-refractivity contribution in [2.45, 2.75) is 33.0 Å². The molecule has 30 heavy (non-hydrogen) atoms. The van der Waals surface area contributed by atoms with Gasteiger partial charge in [-0.3, -0.25) is 9.47 Å². The summed E-state index contributed by atoms with van der Waals surface area (Å²) in [4.78, 5) is 8.97. The molecule has 1 saturated heterocycles. The summed E-state index contributed by atoms with van der Waals surface area (Å²) < 4.78 is 10.2. The van der Waals surface area contributed by atoms with E-state index in [1.165, 1.54) is 0 Å². The van der Waals surface area contributed by atoms with E-state index in [9.17, 15) is 0 Å². The quantitative estimate of drug-likeness (QED) is 0.563. The molecule has 156 valence electrons. The minimum Gasteiger partial charge on any atom is -0.467 e. The van der Waals surface area contributed by atoms with Crippen LogP contribution in [0.4, 0.5) is 5.82 Å². The predicted octanol–water partition coefficient (Wildman–Crippen LogP) is 3.23. The van der Waals surface area contributed by atoms with E-state index in [1.807, 2.05) is 22.9 Å². The Kier molecular flexibility index (Phi) is 5.97. The summed E-state index contributed by atoms with van der Waals surface area (Å²) >= 11 is 5.75. The number of piperazine rings is 1. The van der Waals surface area contributed by atoms with Crippen LogP contribution in [0, 0.1) is 16.1 Å². The van der Waals surface area contributed by atoms with Gasteiger partial charge in [-0.2, -0.15) is 10.4 Å². The highest BCUT2D eigenvalue weighted by Gasteiger charge is 2.21. The Morgan fingerprint density at radius 2 is 2.03 bits per heavy atom. The van der Waals surface area contributed by atoms with Crippen LogP contribution < -0.4 is 4.90 Å². The van der Waals surface area contributed by atoms with E-state index in [-0.39, 0.29) is 5.92 Å². The Bertz CT molecular complexity index is 1090. The lowest BCUT2D eigenvalue weighted by molar-refractivity contribution is 0.193. The van der Waals surface area contributed by atoms with E-state index in [0.717, 1.165) is 43.6 Å². The van der Waals surface area contributed by atoms with E-state index in [2.05, 4.69) is 39.3 Å². The number of hydrogen-bond acceptors (Lipinski definition) is 7. The number of rotatable bonds is 6. The Morgan fingerprint density at radius 1 is 1.23 bits per heavy atom. The van der Waals surface area contributed by atoms with E-state index in [1.54, 1.807) is 18.5 Å². The van der Waals surface area contributed by atoms with Crippen LogP contribution >= 0.6 is 12.2 Å². The first-order chi connectivity index (χ1) is 14.5. The summed E-state index contributed by atoms with van der Waals surface area (Å²) in [6, 6.07) is 9.59. The van der Waals surface area contributed by atoms with Gasteiger partial charge in [-0.1, -0.05) is 13.8 Å². The molecule has 0 saturated carbocycles. The topological polar surface area (TPSA) is 79.0 Å². The van der Waals surface area contributed by atoms with Gasteiger partial charge in [-0.05, 0) is 36.5 Å². The van der Waals surface area contributed by atoms with Gasteiger partial charge < -0.3 is 9.32 Å². The summed E-state index contributed by atoms with van der Waals surface area (Å²) in [5.74, 6) is 2.95. The molecule has 0 amide bonds. The molecular formula is C21H25N7OS. The monoisotopic (exact) mass is 423 g/mol. The van der Waals surface area contributed by atoms with Crippen LogP contribution in [0.1, 0.15) is 36.9 Å². The normalized spacial score (nSPS) is 14.9. The molecule has 1 aliphatic heterocycles. The molecule has 0 N–H and O–H groups in total. The molecule has 0 unspecified atom stereocenters. The second-order valence-electron chi connectivity index (χ2n) is 7.72. The average molecular weight is 424 g/mol. The molecule has 3 aromatic heterocycles. The minimum atomic E-state index is 0.262. The van der Waals surface area contributed by atoms with E-state index < -0.39 is 0 Å². The maximum absolute atomic E-state index is 9.10. The number of anilines is 1. The lowest BCUT2D eigenvalue weighted by atomic mass is 10.2. The molecule has 0 aromatic carbocycles. The zero-order valence-electron chi connectivity index (χ0n) is 17.2. The highest BCUT2D eigenvalue weighted by Crippen LogP contribution is 2.18. The van der Waals surface area contributed by atoms with Gasteiger partial charge in [0.25, 0.3) is 0 Å². The number of nitrogens with zero attached hydrogens (tertiary/aromatic N) is 7. The van der Waals surface area contributed by atoms with Crippen LogP contribution in [0.25, 0.3) is 0 Å². The van der Waals surface area contributed by atoms with Gasteiger partial charge in [0.2, 0.25) is 0 Å². The van der Waals surface area contributed by atoms with Gasteiger partial charge in [0.05, 0.1) is 31.1 Å². The van der Waals surface area contributed by atoms with E-state index in [4.69, 9.17) is 27.0 Å². The first-order valence-corrected chi connectivity index (χ1v) is 10.5. The van der Waals surface area contributed by atoms with Crippen molar-refractivity contribution in [3.63, 3.8) is 0 Å². The molecule has 4 heterocycles. The second kappa shape index (κ2) is 8.81. The van der Waals surface area contributed by atoms with Crippen LogP contribution in [-0.2, 0) is 13.2 Å². The third-order valence-electron chi connectivity index (χ3n) is 5.27. The van der Waals surface area contributed by atoms with Crippen molar-refractivity contribution in [1.29, 1.82) is 5.26 Å². The van der Waals surface area contributed by atoms with Crippen LogP contribution in [0.3, 0.4) is 0 Å². The van der Waals surface area contributed by atoms with Gasteiger partial charge in [0.15, 0.2) is 4.77 Å². The molecule has 9 heteroatoms. The number of furan rings is 1. The number of aromatic nitrogens is 4. The van der Waals surface area contributed by atoms with Gasteiger partial charge >= 0.3 is 0 Å². The summed E-state index contributed by atoms with van der Waals surface area (Å²) in [6.45, 7) is 8.95. The molecule has 0 atom stereocenters. The van der Waals surface area contributed by atoms with Crippen molar-refractivity contribution in [3.05, 3.63) is 58.6 Å². The summed E-state index contributed by atoms with van der Waals surface area (Å²) in [5, 5.41) is 13.9. The summed E-state index contributed by atoms with van der Waals surface area (Å²) in [5.41, 5.74) is 0.636. The Labute approximate surface area is 181 Å². The van der Waals surface area contributed by atoms with E-state index >= 15 is 0 Å². The maximum Gasteiger partial charge on any atom is 0.199 e. The molecular weight excluding hydrogens is 398 g/mol. The number of nitriles is 1. The highest BCUT2D eigenvalue weighted by atomic mass is 32.1. The first-order valence-electron chi connectivity index (χ1n) is 10.1. The third kappa shape index (κ3) is 4.30. The fraction of sp³-hybridized carbons (Fsp3) is 0.429. The molecule has 0 bridgehead atoms. The zero-order chi connectivity index (χ0) is 21.1. The third-order valence-corrected chi connectivity index (χ3v) is 5.70. The van der Waals surface area contributed by atoms with Gasteiger partial charge in [-0.15, -0.1) is 0 Å². The molecule has 4 rings (SSSR count). The number of pyridine rings is 1. The smallest absolute Gasteiger partial charge is 0.199 e. The Morgan fingerprint density at radius 3 is 2.70 bits per heavy atom. The average Bonchev–Trinajstić information content (AvgIpc) is 3.38. The Hall–Kier alpha value is -2.96. The first kappa shape index (κ1) is 20.3. The highest BCUT2D eigenvalue weighted by molar-refractivity contribution is 7.71. The zero-order valence-corrected chi connectivity index (χ0v) is 18.0.